The third-order valence-corrected chi connectivity index (χ3v) is 6.20. The molecule has 1 aromatic heterocycles. The van der Waals surface area contributed by atoms with Crippen molar-refractivity contribution in [3.8, 4) is 0 Å². The molecule has 0 bridgehead atoms. The molecule has 8 heteroatoms. The van der Waals surface area contributed by atoms with Crippen LogP contribution in [-0.2, 0) is 14.6 Å². The predicted octanol–water partition coefficient (Wildman–Crippen LogP) is -0.108. The zero-order valence-electron chi connectivity index (χ0n) is 12.5. The van der Waals surface area contributed by atoms with Gasteiger partial charge in [-0.2, -0.15) is 5.10 Å². The maximum Gasteiger partial charge on any atom is 0.234 e. The number of hydrogen-bond donors (Lipinski definition) is 2. The summed E-state index contributed by atoms with van der Waals surface area (Å²) < 4.78 is 22.8. The van der Waals surface area contributed by atoms with Gasteiger partial charge in [-0.15, -0.1) is 0 Å². The Balaban J connectivity index is 1.49. The summed E-state index contributed by atoms with van der Waals surface area (Å²) in [5, 5.41) is 9.84. The van der Waals surface area contributed by atoms with Crippen LogP contribution in [0, 0.1) is 0 Å². The van der Waals surface area contributed by atoms with Gasteiger partial charge < -0.3 is 5.32 Å². The van der Waals surface area contributed by atoms with E-state index in [1.54, 1.807) is 6.20 Å². The molecule has 2 atom stereocenters. The number of H-pyrrole nitrogens is 1. The average molecular weight is 326 g/mol. The van der Waals surface area contributed by atoms with E-state index in [1.807, 2.05) is 6.07 Å². The van der Waals surface area contributed by atoms with E-state index in [-0.39, 0.29) is 23.5 Å². The lowest BCUT2D eigenvalue weighted by molar-refractivity contribution is -0.123. The number of hydrogen-bond acceptors (Lipinski definition) is 5. The van der Waals surface area contributed by atoms with E-state index in [0.717, 1.165) is 31.6 Å². The molecule has 3 heterocycles. The van der Waals surface area contributed by atoms with Crippen molar-refractivity contribution < 1.29 is 13.2 Å². The quantitative estimate of drug-likeness (QED) is 0.805. The van der Waals surface area contributed by atoms with Crippen LogP contribution in [0.3, 0.4) is 0 Å². The molecule has 1 amide bonds. The molecular weight excluding hydrogens is 304 g/mol. The van der Waals surface area contributed by atoms with Crippen LogP contribution in [0.1, 0.15) is 30.9 Å². The maximum absolute atomic E-state index is 12.1. The number of amides is 1. The van der Waals surface area contributed by atoms with Crippen molar-refractivity contribution in [2.24, 2.45) is 0 Å². The molecule has 7 nitrogen and oxygen atoms in total. The predicted molar refractivity (Wildman–Crippen MR) is 82.2 cm³/mol. The smallest absolute Gasteiger partial charge is 0.234 e. The fourth-order valence-corrected chi connectivity index (χ4v) is 5.01. The van der Waals surface area contributed by atoms with Gasteiger partial charge in [0.1, 0.15) is 0 Å². The number of rotatable bonds is 4. The Morgan fingerprint density at radius 3 is 3.00 bits per heavy atom. The minimum Gasteiger partial charge on any atom is -0.351 e. The largest absolute Gasteiger partial charge is 0.351 e. The highest BCUT2D eigenvalue weighted by molar-refractivity contribution is 7.91. The molecule has 22 heavy (non-hydrogen) atoms. The summed E-state index contributed by atoms with van der Waals surface area (Å²) >= 11 is 0. The Kier molecular flexibility index (Phi) is 4.49. The minimum absolute atomic E-state index is 0.0765. The van der Waals surface area contributed by atoms with Gasteiger partial charge in [0.2, 0.25) is 5.91 Å². The highest BCUT2D eigenvalue weighted by Crippen LogP contribution is 2.24. The first-order chi connectivity index (χ1) is 10.5. The molecule has 2 saturated heterocycles. The highest BCUT2D eigenvalue weighted by Gasteiger charge is 2.30. The van der Waals surface area contributed by atoms with E-state index in [2.05, 4.69) is 20.4 Å². The fourth-order valence-electron chi connectivity index (χ4n) is 3.33. The SMILES string of the molecule is O=C(CN1CCC[C@H](c2ccn[nH]2)C1)N[C@H]1CCS(=O)(=O)C1. The van der Waals surface area contributed by atoms with Gasteiger partial charge in [-0.1, -0.05) is 0 Å². The Morgan fingerprint density at radius 1 is 1.45 bits per heavy atom. The van der Waals surface area contributed by atoms with E-state index in [1.165, 1.54) is 0 Å². The molecule has 0 spiro atoms. The molecule has 0 saturated carbocycles. The average Bonchev–Trinajstić information content (AvgIpc) is 3.09. The van der Waals surface area contributed by atoms with Crippen molar-refractivity contribution in [2.75, 3.05) is 31.1 Å². The van der Waals surface area contributed by atoms with Crippen LogP contribution in [0.25, 0.3) is 0 Å². The van der Waals surface area contributed by atoms with E-state index in [9.17, 15) is 13.2 Å². The van der Waals surface area contributed by atoms with Crippen LogP contribution < -0.4 is 5.32 Å². The first-order valence-electron chi connectivity index (χ1n) is 7.73. The molecule has 122 valence electrons. The van der Waals surface area contributed by atoms with Crippen LogP contribution in [0.4, 0.5) is 0 Å². The van der Waals surface area contributed by atoms with Gasteiger partial charge in [0.25, 0.3) is 0 Å². The molecule has 0 aliphatic carbocycles. The lowest BCUT2D eigenvalue weighted by Crippen LogP contribution is -2.45. The molecule has 2 aliphatic heterocycles. The zero-order chi connectivity index (χ0) is 15.6. The van der Waals surface area contributed by atoms with Gasteiger partial charge in [-0.3, -0.25) is 14.8 Å². The normalized spacial score (nSPS) is 28.5. The van der Waals surface area contributed by atoms with Gasteiger partial charge in [0.05, 0.1) is 18.1 Å². The number of carbonyl (C=O) groups is 1. The van der Waals surface area contributed by atoms with Crippen molar-refractivity contribution in [2.45, 2.75) is 31.2 Å². The number of nitrogens with zero attached hydrogens (tertiary/aromatic N) is 2. The molecule has 1 aromatic rings. The van der Waals surface area contributed by atoms with Crippen molar-refractivity contribution in [1.29, 1.82) is 0 Å². The third kappa shape index (κ3) is 3.86. The minimum atomic E-state index is -2.95. The number of aromatic nitrogens is 2. The fraction of sp³-hybridized carbons (Fsp3) is 0.714. The highest BCUT2D eigenvalue weighted by atomic mass is 32.2. The van der Waals surface area contributed by atoms with Crippen LogP contribution >= 0.6 is 0 Å². The second-order valence-electron chi connectivity index (χ2n) is 6.25. The van der Waals surface area contributed by atoms with Crippen molar-refractivity contribution >= 4 is 15.7 Å². The molecule has 0 radical (unpaired) electrons. The summed E-state index contributed by atoms with van der Waals surface area (Å²) in [4.78, 5) is 14.2. The van der Waals surface area contributed by atoms with Gasteiger partial charge >= 0.3 is 0 Å². The summed E-state index contributed by atoms with van der Waals surface area (Å²) in [7, 11) is -2.95. The Morgan fingerprint density at radius 2 is 2.32 bits per heavy atom. The van der Waals surface area contributed by atoms with Crippen LogP contribution in [-0.4, -0.2) is 66.6 Å². The van der Waals surface area contributed by atoms with Crippen molar-refractivity contribution in [1.82, 2.24) is 20.4 Å². The van der Waals surface area contributed by atoms with Gasteiger partial charge in [-0.05, 0) is 31.9 Å². The van der Waals surface area contributed by atoms with E-state index >= 15 is 0 Å². The third-order valence-electron chi connectivity index (χ3n) is 4.43. The summed E-state index contributed by atoms with van der Waals surface area (Å²) in [6.45, 7) is 2.07. The lowest BCUT2D eigenvalue weighted by Gasteiger charge is -2.31. The molecule has 2 N–H and O–H groups in total. The summed E-state index contributed by atoms with van der Waals surface area (Å²) in [5.41, 5.74) is 1.12. The van der Waals surface area contributed by atoms with Gasteiger partial charge in [0, 0.05) is 30.4 Å². The van der Waals surface area contributed by atoms with Gasteiger partial charge in [-0.25, -0.2) is 8.42 Å². The molecular formula is C14H22N4O3S. The summed E-state index contributed by atoms with van der Waals surface area (Å²) in [6, 6.07) is 1.77. The van der Waals surface area contributed by atoms with E-state index in [4.69, 9.17) is 0 Å². The van der Waals surface area contributed by atoms with E-state index < -0.39 is 9.84 Å². The second-order valence-corrected chi connectivity index (χ2v) is 8.48. The summed E-state index contributed by atoms with van der Waals surface area (Å²) in [6.07, 6.45) is 4.43. The second kappa shape index (κ2) is 6.37. The maximum atomic E-state index is 12.1. The first-order valence-corrected chi connectivity index (χ1v) is 9.55. The molecule has 3 rings (SSSR count). The number of sulfone groups is 1. The van der Waals surface area contributed by atoms with Crippen molar-refractivity contribution in [3.05, 3.63) is 18.0 Å². The number of aromatic amines is 1. The lowest BCUT2D eigenvalue weighted by atomic mass is 9.95. The number of carbonyl (C=O) groups excluding carboxylic acids is 1. The standard InChI is InChI=1S/C14H22N4O3S/c19-14(16-12-4-7-22(20,21)10-12)9-18-6-1-2-11(8-18)13-3-5-15-17-13/h3,5,11-12H,1-2,4,6-10H2,(H,15,17)(H,16,19)/t11-,12-/m0/s1. The van der Waals surface area contributed by atoms with Crippen LogP contribution in [0.2, 0.25) is 0 Å². The molecule has 0 aromatic carbocycles. The number of piperidine rings is 1. The number of nitrogens with one attached hydrogen (secondary N) is 2. The summed E-state index contributed by atoms with van der Waals surface area (Å²) in [5.74, 6) is 0.572. The van der Waals surface area contributed by atoms with Crippen molar-refractivity contribution in [3.63, 3.8) is 0 Å². The molecule has 2 aliphatic rings. The van der Waals surface area contributed by atoms with E-state index in [0.29, 0.717) is 18.9 Å². The monoisotopic (exact) mass is 326 g/mol. The Labute approximate surface area is 130 Å². The number of likely N-dealkylation sites (tertiary alicyclic amines) is 1. The van der Waals surface area contributed by atoms with Gasteiger partial charge in [0.15, 0.2) is 9.84 Å². The zero-order valence-corrected chi connectivity index (χ0v) is 13.3. The first kappa shape index (κ1) is 15.5. The van der Waals surface area contributed by atoms with Crippen LogP contribution in [0.15, 0.2) is 12.3 Å². The Hall–Kier alpha value is -1.41. The molecule has 2 fully saturated rings. The van der Waals surface area contributed by atoms with Crippen LogP contribution in [0.5, 0.6) is 0 Å². The topological polar surface area (TPSA) is 95.2 Å². The molecule has 0 unspecified atom stereocenters. The Bertz CT molecular complexity index is 614.